The average Bonchev–Trinajstić information content (AvgIpc) is 2.69. The van der Waals surface area contributed by atoms with Gasteiger partial charge in [0.15, 0.2) is 0 Å². The molecule has 1 heterocycles. The SMILES string of the molecule is CCc1nn(C)c(CC(O)c2cccc(C)c2Cl)c1Br. The molecule has 108 valence electrons. The second-order valence-corrected chi connectivity index (χ2v) is 6.05. The van der Waals surface area contributed by atoms with Crippen LogP contribution in [0, 0.1) is 6.92 Å². The molecule has 0 bridgehead atoms. The Morgan fingerprint density at radius 1 is 1.45 bits per heavy atom. The standard InChI is InChI=1S/C15H18BrClN2O/c1-4-11-14(16)12(19(3)18-11)8-13(20)10-7-5-6-9(2)15(10)17/h5-7,13,20H,4,8H2,1-3H3. The second kappa shape index (κ2) is 6.29. The van der Waals surface area contributed by atoms with Crippen molar-refractivity contribution in [3.8, 4) is 0 Å². The Kier molecular flexibility index (Phi) is 4.89. The van der Waals surface area contributed by atoms with E-state index >= 15 is 0 Å². The third kappa shape index (κ3) is 2.92. The molecule has 2 rings (SSSR count). The molecule has 1 atom stereocenters. The number of halogens is 2. The minimum Gasteiger partial charge on any atom is -0.388 e. The van der Waals surface area contributed by atoms with Crippen molar-refractivity contribution in [1.82, 2.24) is 9.78 Å². The van der Waals surface area contributed by atoms with E-state index in [0.717, 1.165) is 33.4 Å². The molecule has 0 radical (unpaired) electrons. The molecule has 20 heavy (non-hydrogen) atoms. The highest BCUT2D eigenvalue weighted by Gasteiger charge is 2.19. The Labute approximate surface area is 132 Å². The van der Waals surface area contributed by atoms with Gasteiger partial charge in [-0.1, -0.05) is 36.7 Å². The topological polar surface area (TPSA) is 38.0 Å². The van der Waals surface area contributed by atoms with Gasteiger partial charge < -0.3 is 5.11 Å². The van der Waals surface area contributed by atoms with Crippen molar-refractivity contribution < 1.29 is 5.11 Å². The molecule has 1 aromatic heterocycles. The Bertz CT molecular complexity index is 625. The lowest BCUT2D eigenvalue weighted by Gasteiger charge is -2.14. The van der Waals surface area contributed by atoms with Gasteiger partial charge in [-0.3, -0.25) is 4.68 Å². The highest BCUT2D eigenvalue weighted by Crippen LogP contribution is 2.31. The third-order valence-electron chi connectivity index (χ3n) is 3.47. The summed E-state index contributed by atoms with van der Waals surface area (Å²) in [7, 11) is 1.89. The molecule has 0 spiro atoms. The molecule has 3 nitrogen and oxygen atoms in total. The van der Waals surface area contributed by atoms with Crippen molar-refractivity contribution in [3.63, 3.8) is 0 Å². The average molecular weight is 358 g/mol. The molecule has 1 aromatic carbocycles. The van der Waals surface area contributed by atoms with Crippen molar-refractivity contribution in [3.05, 3.63) is 50.2 Å². The molecular weight excluding hydrogens is 340 g/mol. The van der Waals surface area contributed by atoms with E-state index in [9.17, 15) is 5.11 Å². The van der Waals surface area contributed by atoms with E-state index in [1.165, 1.54) is 0 Å². The maximum absolute atomic E-state index is 10.5. The molecule has 0 aliphatic rings. The van der Waals surface area contributed by atoms with Crippen molar-refractivity contribution in [2.45, 2.75) is 32.8 Å². The van der Waals surface area contributed by atoms with Crippen LogP contribution in [0.3, 0.4) is 0 Å². The van der Waals surface area contributed by atoms with Crippen molar-refractivity contribution in [2.75, 3.05) is 0 Å². The number of benzene rings is 1. The Balaban J connectivity index is 2.30. The summed E-state index contributed by atoms with van der Waals surface area (Å²) in [5, 5.41) is 15.5. The smallest absolute Gasteiger partial charge is 0.0860 e. The number of hydrogen-bond acceptors (Lipinski definition) is 2. The van der Waals surface area contributed by atoms with E-state index in [0.29, 0.717) is 11.4 Å². The molecule has 0 fully saturated rings. The predicted molar refractivity (Wildman–Crippen MR) is 85.1 cm³/mol. The van der Waals surface area contributed by atoms with Crippen molar-refractivity contribution >= 4 is 27.5 Å². The Hall–Kier alpha value is -0.840. The van der Waals surface area contributed by atoms with E-state index in [4.69, 9.17) is 11.6 Å². The summed E-state index contributed by atoms with van der Waals surface area (Å²) in [6, 6.07) is 5.72. The molecule has 0 aliphatic carbocycles. The van der Waals surface area contributed by atoms with Gasteiger partial charge in [0, 0.05) is 18.5 Å². The summed E-state index contributed by atoms with van der Waals surface area (Å²) < 4.78 is 2.79. The monoisotopic (exact) mass is 356 g/mol. The van der Waals surface area contributed by atoms with E-state index < -0.39 is 6.10 Å². The molecule has 0 aliphatic heterocycles. The van der Waals surface area contributed by atoms with Crippen LogP contribution >= 0.6 is 27.5 Å². The van der Waals surface area contributed by atoms with Crippen LogP contribution in [0.1, 0.15) is 35.5 Å². The summed E-state index contributed by atoms with van der Waals surface area (Å²) in [4.78, 5) is 0. The van der Waals surface area contributed by atoms with Gasteiger partial charge in [0.2, 0.25) is 0 Å². The van der Waals surface area contributed by atoms with Crippen molar-refractivity contribution in [1.29, 1.82) is 0 Å². The van der Waals surface area contributed by atoms with Crippen LogP contribution in [0.25, 0.3) is 0 Å². The first-order valence-corrected chi connectivity index (χ1v) is 7.76. The van der Waals surface area contributed by atoms with E-state index in [1.54, 1.807) is 0 Å². The minimum absolute atomic E-state index is 0.479. The molecule has 0 saturated carbocycles. The van der Waals surface area contributed by atoms with Crippen LogP contribution in [0.5, 0.6) is 0 Å². The van der Waals surface area contributed by atoms with Gasteiger partial charge in [0.25, 0.3) is 0 Å². The maximum atomic E-state index is 10.5. The normalized spacial score (nSPS) is 12.7. The van der Waals surface area contributed by atoms with Gasteiger partial charge in [0.05, 0.1) is 22.0 Å². The Morgan fingerprint density at radius 2 is 2.15 bits per heavy atom. The van der Waals surface area contributed by atoms with Gasteiger partial charge in [-0.05, 0) is 40.4 Å². The number of aliphatic hydroxyl groups is 1. The summed E-state index contributed by atoms with van der Waals surface area (Å²) in [5.41, 5.74) is 3.72. The van der Waals surface area contributed by atoms with E-state index in [-0.39, 0.29) is 0 Å². The fourth-order valence-electron chi connectivity index (χ4n) is 2.26. The zero-order chi connectivity index (χ0) is 14.9. The largest absolute Gasteiger partial charge is 0.388 e. The van der Waals surface area contributed by atoms with Crippen LogP contribution in [0.2, 0.25) is 5.02 Å². The molecule has 1 unspecified atom stereocenters. The third-order valence-corrected chi connectivity index (χ3v) is 4.90. The quantitative estimate of drug-likeness (QED) is 0.898. The maximum Gasteiger partial charge on any atom is 0.0860 e. The highest BCUT2D eigenvalue weighted by atomic mass is 79.9. The first-order chi connectivity index (χ1) is 9.45. The lowest BCUT2D eigenvalue weighted by atomic mass is 10.0. The van der Waals surface area contributed by atoms with Crippen LogP contribution in [-0.2, 0) is 19.9 Å². The first kappa shape index (κ1) is 15.5. The van der Waals surface area contributed by atoms with Gasteiger partial charge in [0.1, 0.15) is 0 Å². The molecular formula is C15H18BrClN2O. The minimum atomic E-state index is -0.640. The zero-order valence-corrected chi connectivity index (χ0v) is 14.2. The van der Waals surface area contributed by atoms with Crippen LogP contribution in [-0.4, -0.2) is 14.9 Å². The number of aromatic nitrogens is 2. The number of aryl methyl sites for hydroxylation is 3. The molecule has 1 N–H and O–H groups in total. The fourth-order valence-corrected chi connectivity index (χ4v) is 3.29. The summed E-state index contributed by atoms with van der Waals surface area (Å²) in [6.45, 7) is 4.00. The number of hydrogen-bond donors (Lipinski definition) is 1. The number of rotatable bonds is 4. The Morgan fingerprint density at radius 3 is 2.75 bits per heavy atom. The number of aliphatic hydroxyl groups excluding tert-OH is 1. The van der Waals surface area contributed by atoms with Crippen molar-refractivity contribution in [2.24, 2.45) is 7.05 Å². The summed E-state index contributed by atoms with van der Waals surface area (Å²) in [5.74, 6) is 0. The van der Waals surface area contributed by atoms with Gasteiger partial charge in [-0.15, -0.1) is 0 Å². The fraction of sp³-hybridized carbons (Fsp3) is 0.400. The van der Waals surface area contributed by atoms with E-state index in [2.05, 4.69) is 28.0 Å². The summed E-state index contributed by atoms with van der Waals surface area (Å²) >= 11 is 9.84. The van der Waals surface area contributed by atoms with Gasteiger partial charge in [-0.2, -0.15) is 5.10 Å². The first-order valence-electron chi connectivity index (χ1n) is 6.59. The van der Waals surface area contributed by atoms with Gasteiger partial charge in [-0.25, -0.2) is 0 Å². The van der Waals surface area contributed by atoms with Gasteiger partial charge >= 0.3 is 0 Å². The molecule has 5 heteroatoms. The summed E-state index contributed by atoms with van der Waals surface area (Å²) in [6.07, 6.45) is 0.696. The van der Waals surface area contributed by atoms with E-state index in [1.807, 2.05) is 36.9 Å². The molecule has 0 amide bonds. The lowest BCUT2D eigenvalue weighted by molar-refractivity contribution is 0.175. The van der Waals surface area contributed by atoms with Crippen LogP contribution in [0.4, 0.5) is 0 Å². The number of nitrogens with zero attached hydrogens (tertiary/aromatic N) is 2. The predicted octanol–water partition coefficient (Wildman–Crippen LogP) is 3.98. The van der Waals surface area contributed by atoms with Crippen LogP contribution < -0.4 is 0 Å². The zero-order valence-electron chi connectivity index (χ0n) is 11.8. The van der Waals surface area contributed by atoms with Crippen LogP contribution in [0.15, 0.2) is 22.7 Å². The molecule has 2 aromatic rings. The highest BCUT2D eigenvalue weighted by molar-refractivity contribution is 9.10. The lowest BCUT2D eigenvalue weighted by Crippen LogP contribution is -2.07. The second-order valence-electron chi connectivity index (χ2n) is 4.88. The molecule has 0 saturated heterocycles.